The molecule has 0 saturated carbocycles. The molecule has 0 spiro atoms. The van der Waals surface area contributed by atoms with E-state index in [1.54, 1.807) is 18.1 Å². The third kappa shape index (κ3) is 5.28. The van der Waals surface area contributed by atoms with Crippen LogP contribution in [0, 0.1) is 6.92 Å². The minimum Gasteiger partial charge on any atom is -0.497 e. The molecule has 10 heteroatoms. The van der Waals surface area contributed by atoms with Gasteiger partial charge in [-0.2, -0.15) is 0 Å². The van der Waals surface area contributed by atoms with E-state index in [0.29, 0.717) is 14.7 Å². The molecule has 1 amide bonds. The lowest BCUT2D eigenvalue weighted by Gasteiger charge is -2.45. The largest absolute Gasteiger partial charge is 0.497 e. The monoisotopic (exact) mass is 581 g/mol. The van der Waals surface area contributed by atoms with Crippen LogP contribution < -0.4 is 9.64 Å². The van der Waals surface area contributed by atoms with Crippen molar-refractivity contribution in [2.45, 2.75) is 26.3 Å². The van der Waals surface area contributed by atoms with Gasteiger partial charge in [0.05, 0.1) is 41.7 Å². The molecular formula is C29H27NO6S3. The summed E-state index contributed by atoms with van der Waals surface area (Å²) in [7, 11) is 4.12. The molecule has 39 heavy (non-hydrogen) atoms. The van der Waals surface area contributed by atoms with E-state index < -0.39 is 17.5 Å². The highest BCUT2D eigenvalue weighted by molar-refractivity contribution is 8.29. The summed E-state index contributed by atoms with van der Waals surface area (Å²) < 4.78 is 15.7. The van der Waals surface area contributed by atoms with Crippen LogP contribution in [0.3, 0.4) is 0 Å². The number of anilines is 1. The van der Waals surface area contributed by atoms with E-state index in [2.05, 4.69) is 0 Å². The second kappa shape index (κ2) is 11.4. The predicted molar refractivity (Wildman–Crippen MR) is 161 cm³/mol. The summed E-state index contributed by atoms with van der Waals surface area (Å²) in [5, 5.41) is 0. The highest BCUT2D eigenvalue weighted by Gasteiger charge is 2.46. The van der Waals surface area contributed by atoms with Crippen LogP contribution in [0.4, 0.5) is 5.69 Å². The van der Waals surface area contributed by atoms with Gasteiger partial charge in [0.2, 0.25) is 0 Å². The lowest BCUT2D eigenvalue weighted by molar-refractivity contribution is -0.138. The van der Waals surface area contributed by atoms with Gasteiger partial charge in [-0.25, -0.2) is 9.59 Å². The van der Waals surface area contributed by atoms with Gasteiger partial charge in [0.15, 0.2) is 0 Å². The first-order chi connectivity index (χ1) is 18.5. The molecule has 0 fully saturated rings. The van der Waals surface area contributed by atoms with Crippen LogP contribution in [0.1, 0.15) is 30.5 Å². The maximum atomic E-state index is 13.8. The third-order valence-electron chi connectivity index (χ3n) is 6.37. The van der Waals surface area contributed by atoms with Crippen molar-refractivity contribution >= 4 is 75.8 Å². The Kier molecular flexibility index (Phi) is 8.39. The minimum absolute atomic E-state index is 0.146. The Balaban J connectivity index is 1.81. The van der Waals surface area contributed by atoms with Gasteiger partial charge >= 0.3 is 11.9 Å². The molecule has 0 N–H and O–H groups in total. The number of carbonyl (C=O) groups excluding carboxylic acids is 3. The summed E-state index contributed by atoms with van der Waals surface area (Å²) in [5.74, 6) is -0.758. The van der Waals surface area contributed by atoms with Gasteiger partial charge in [-0.05, 0) is 50.1 Å². The SMILES string of the molecule is COC(=O)C1=C(C(=O)OC)SC(=C2C(=S)C(C)(C)N(C(=O)C=Cc3ccc(OC)cc3)c3c(C)cccc32)S1. The number of thiocarbonyl (C=S) groups is 1. The topological polar surface area (TPSA) is 82.1 Å². The zero-order chi connectivity index (χ0) is 28.5. The van der Waals surface area contributed by atoms with Gasteiger partial charge in [-0.3, -0.25) is 9.69 Å². The second-order valence-corrected chi connectivity index (χ2v) is 11.9. The summed E-state index contributed by atoms with van der Waals surface area (Å²) in [6.07, 6.45) is 3.29. The van der Waals surface area contributed by atoms with E-state index in [9.17, 15) is 14.4 Å². The highest BCUT2D eigenvalue weighted by atomic mass is 32.2. The molecular weight excluding hydrogens is 555 g/mol. The number of methoxy groups -OCH3 is 3. The van der Waals surface area contributed by atoms with E-state index in [1.807, 2.05) is 63.2 Å². The Morgan fingerprint density at radius 2 is 1.51 bits per heavy atom. The Hall–Kier alpha value is -3.34. The number of nitrogens with zero attached hydrogens (tertiary/aromatic N) is 1. The highest BCUT2D eigenvalue weighted by Crippen LogP contribution is 2.56. The molecule has 2 aliphatic heterocycles. The van der Waals surface area contributed by atoms with Gasteiger partial charge in [-0.1, -0.05) is 66.1 Å². The molecule has 2 aromatic rings. The first kappa shape index (κ1) is 28.7. The number of fused-ring (bicyclic) bond motifs is 1. The van der Waals surface area contributed by atoms with E-state index in [4.69, 9.17) is 26.4 Å². The molecule has 0 atom stereocenters. The zero-order valence-corrected chi connectivity index (χ0v) is 24.8. The lowest BCUT2D eigenvalue weighted by atomic mass is 9.82. The standard InChI is InChI=1S/C29H27NO6S3/c1-16-8-7-9-19-21(28-38-23(26(32)35-5)24(39-28)27(33)36-6)25(37)29(2,3)30(22(16)19)20(31)15-12-17-10-13-18(34-4)14-11-17/h7-15H,1-6H3. The van der Waals surface area contributed by atoms with E-state index in [-0.39, 0.29) is 15.7 Å². The van der Waals surface area contributed by atoms with Gasteiger partial charge in [-0.15, -0.1) is 0 Å². The molecule has 2 heterocycles. The fourth-order valence-corrected chi connectivity index (χ4v) is 7.40. The molecule has 2 aromatic carbocycles. The van der Waals surface area contributed by atoms with Crippen LogP contribution in [0.25, 0.3) is 11.6 Å². The normalized spacial score (nSPS) is 16.5. The molecule has 0 unspecified atom stereocenters. The molecule has 0 aliphatic carbocycles. The van der Waals surface area contributed by atoms with Gasteiger partial charge in [0.25, 0.3) is 5.91 Å². The summed E-state index contributed by atoms with van der Waals surface area (Å²) in [6.45, 7) is 5.72. The van der Waals surface area contributed by atoms with Crippen LogP contribution >= 0.6 is 35.7 Å². The van der Waals surface area contributed by atoms with Crippen molar-refractivity contribution in [1.29, 1.82) is 0 Å². The average Bonchev–Trinajstić information content (AvgIpc) is 3.37. The summed E-state index contributed by atoms with van der Waals surface area (Å²) in [4.78, 5) is 41.3. The summed E-state index contributed by atoms with van der Waals surface area (Å²) >= 11 is 8.27. The number of aryl methyl sites for hydroxylation is 1. The van der Waals surface area contributed by atoms with Crippen LogP contribution in [0.5, 0.6) is 5.75 Å². The number of hydrogen-bond donors (Lipinski definition) is 0. The Morgan fingerprint density at radius 1 is 0.923 bits per heavy atom. The van der Waals surface area contributed by atoms with Crippen LogP contribution in [0.15, 0.2) is 62.6 Å². The number of esters is 2. The third-order valence-corrected chi connectivity index (χ3v) is 9.63. The molecule has 202 valence electrons. The van der Waals surface area contributed by atoms with E-state index in [1.165, 1.54) is 20.3 Å². The number of amides is 1. The molecule has 0 aromatic heterocycles. The molecule has 0 radical (unpaired) electrons. The van der Waals surface area contributed by atoms with E-state index >= 15 is 0 Å². The predicted octanol–water partition coefficient (Wildman–Crippen LogP) is 5.92. The number of benzene rings is 2. The smallest absolute Gasteiger partial charge is 0.346 e. The Bertz CT molecular complexity index is 1440. The molecule has 2 aliphatic rings. The second-order valence-electron chi connectivity index (χ2n) is 9.15. The maximum absolute atomic E-state index is 13.8. The van der Waals surface area contributed by atoms with E-state index in [0.717, 1.165) is 51.7 Å². The summed E-state index contributed by atoms with van der Waals surface area (Å²) in [5.41, 5.74) is 3.00. The summed E-state index contributed by atoms with van der Waals surface area (Å²) in [6, 6.07) is 13.1. The van der Waals surface area contributed by atoms with Crippen LogP contribution in [-0.4, -0.2) is 49.6 Å². The first-order valence-corrected chi connectivity index (χ1v) is 13.9. The number of ether oxygens (including phenoxy) is 3. The van der Waals surface area contributed by atoms with Crippen LogP contribution in [0.2, 0.25) is 0 Å². The molecule has 7 nitrogen and oxygen atoms in total. The first-order valence-electron chi connectivity index (χ1n) is 11.9. The molecule has 0 bridgehead atoms. The fraction of sp³-hybridized carbons (Fsp3) is 0.241. The maximum Gasteiger partial charge on any atom is 0.346 e. The molecule has 4 rings (SSSR count). The number of para-hydroxylation sites is 1. The van der Waals surface area contributed by atoms with Crippen molar-refractivity contribution in [3.63, 3.8) is 0 Å². The quantitative estimate of drug-likeness (QED) is 0.243. The average molecular weight is 582 g/mol. The molecule has 0 saturated heterocycles. The number of thioether (sulfide) groups is 2. The van der Waals surface area contributed by atoms with Gasteiger partial charge < -0.3 is 14.2 Å². The fourth-order valence-electron chi connectivity index (χ4n) is 4.37. The van der Waals surface area contributed by atoms with Gasteiger partial charge in [0.1, 0.15) is 15.6 Å². The zero-order valence-electron chi connectivity index (χ0n) is 22.3. The number of rotatable bonds is 5. The van der Waals surface area contributed by atoms with Gasteiger partial charge in [0, 0.05) is 17.2 Å². The van der Waals surface area contributed by atoms with Crippen molar-refractivity contribution in [3.05, 3.63) is 79.3 Å². The Morgan fingerprint density at radius 3 is 2.05 bits per heavy atom. The van der Waals surface area contributed by atoms with Crippen molar-refractivity contribution in [1.82, 2.24) is 0 Å². The minimum atomic E-state index is -0.904. The van der Waals surface area contributed by atoms with Crippen molar-refractivity contribution in [2.24, 2.45) is 0 Å². The Labute approximate surface area is 241 Å². The number of carbonyl (C=O) groups is 3. The lowest BCUT2D eigenvalue weighted by Crippen LogP contribution is -2.55. The number of hydrogen-bond acceptors (Lipinski definition) is 9. The van der Waals surface area contributed by atoms with Crippen molar-refractivity contribution in [2.75, 3.05) is 26.2 Å². The van der Waals surface area contributed by atoms with Crippen LogP contribution in [-0.2, 0) is 23.9 Å². The van der Waals surface area contributed by atoms with Crippen molar-refractivity contribution < 1.29 is 28.6 Å². The van der Waals surface area contributed by atoms with Crippen molar-refractivity contribution in [3.8, 4) is 5.75 Å².